The first kappa shape index (κ1) is 23.9. The number of ether oxygens (including phenoxy) is 1. The van der Waals surface area contributed by atoms with Gasteiger partial charge in [-0.05, 0) is 62.3 Å². The number of fused-ring (bicyclic) bond motifs is 1. The molecule has 0 aliphatic heterocycles. The number of thiazole rings is 1. The standard InChI is InChI=1S/C28H31N3O2S/c1-20-11-16-24(33-4)26-27(20)34-28(29-26)31(18-8-17-30(2)3)25(32)19-21-12-14-23(15-13-21)22-9-6-5-7-10-22/h5-7,9-16H,8,17-19H2,1-4H3. The molecule has 1 aromatic heterocycles. The number of aryl methyl sites for hydroxylation is 1. The van der Waals surface area contributed by atoms with Crippen LogP contribution in [-0.2, 0) is 11.2 Å². The van der Waals surface area contributed by atoms with Gasteiger partial charge in [-0.25, -0.2) is 4.98 Å². The number of carbonyl (C=O) groups excluding carboxylic acids is 1. The van der Waals surface area contributed by atoms with Crippen molar-refractivity contribution in [3.63, 3.8) is 0 Å². The minimum Gasteiger partial charge on any atom is -0.494 e. The van der Waals surface area contributed by atoms with E-state index in [0.29, 0.717) is 13.0 Å². The number of methoxy groups -OCH3 is 1. The number of amides is 1. The van der Waals surface area contributed by atoms with Gasteiger partial charge in [-0.15, -0.1) is 0 Å². The van der Waals surface area contributed by atoms with Gasteiger partial charge < -0.3 is 9.64 Å². The van der Waals surface area contributed by atoms with E-state index in [9.17, 15) is 4.79 Å². The van der Waals surface area contributed by atoms with Crippen LogP contribution in [0.3, 0.4) is 0 Å². The van der Waals surface area contributed by atoms with Gasteiger partial charge in [-0.2, -0.15) is 0 Å². The van der Waals surface area contributed by atoms with Crippen LogP contribution in [0.25, 0.3) is 21.3 Å². The number of hydrogen-bond donors (Lipinski definition) is 0. The third-order valence-corrected chi connectivity index (χ3v) is 7.06. The number of hydrogen-bond acceptors (Lipinski definition) is 5. The summed E-state index contributed by atoms with van der Waals surface area (Å²) >= 11 is 1.56. The second kappa shape index (κ2) is 10.8. The van der Waals surface area contributed by atoms with E-state index < -0.39 is 0 Å². The van der Waals surface area contributed by atoms with Gasteiger partial charge in [0.25, 0.3) is 0 Å². The third kappa shape index (κ3) is 5.46. The highest BCUT2D eigenvalue weighted by Crippen LogP contribution is 2.36. The predicted octanol–water partition coefficient (Wildman–Crippen LogP) is 5.81. The fraction of sp³-hybridized carbons (Fsp3) is 0.286. The average Bonchev–Trinajstić information content (AvgIpc) is 3.29. The molecule has 0 aliphatic carbocycles. The van der Waals surface area contributed by atoms with Crippen molar-refractivity contribution >= 4 is 32.6 Å². The van der Waals surface area contributed by atoms with E-state index in [0.717, 1.165) is 50.8 Å². The fourth-order valence-corrected chi connectivity index (χ4v) is 5.06. The van der Waals surface area contributed by atoms with E-state index in [1.807, 2.05) is 61.5 Å². The summed E-state index contributed by atoms with van der Waals surface area (Å²) in [5.41, 5.74) is 5.27. The van der Waals surface area contributed by atoms with E-state index in [1.165, 1.54) is 5.56 Å². The van der Waals surface area contributed by atoms with Gasteiger partial charge >= 0.3 is 0 Å². The molecule has 0 fully saturated rings. The molecule has 6 heteroatoms. The van der Waals surface area contributed by atoms with Crippen LogP contribution in [0.5, 0.6) is 5.75 Å². The molecule has 0 radical (unpaired) electrons. The predicted molar refractivity (Wildman–Crippen MR) is 142 cm³/mol. The Morgan fingerprint density at radius 2 is 1.65 bits per heavy atom. The molecule has 176 valence electrons. The van der Waals surface area contributed by atoms with E-state index in [2.05, 4.69) is 36.1 Å². The molecule has 0 saturated carbocycles. The van der Waals surface area contributed by atoms with Crippen molar-refractivity contribution in [1.29, 1.82) is 0 Å². The van der Waals surface area contributed by atoms with E-state index in [4.69, 9.17) is 9.72 Å². The lowest BCUT2D eigenvalue weighted by Crippen LogP contribution is -2.34. The number of rotatable bonds is 9. The monoisotopic (exact) mass is 473 g/mol. The summed E-state index contributed by atoms with van der Waals surface area (Å²) in [6, 6.07) is 22.5. The molecule has 0 spiro atoms. The summed E-state index contributed by atoms with van der Waals surface area (Å²) in [6.07, 6.45) is 1.21. The van der Waals surface area contributed by atoms with Crippen LogP contribution in [0.15, 0.2) is 66.7 Å². The summed E-state index contributed by atoms with van der Waals surface area (Å²) in [7, 11) is 5.75. The minimum atomic E-state index is 0.0573. The smallest absolute Gasteiger partial charge is 0.233 e. The number of aromatic nitrogens is 1. The van der Waals surface area contributed by atoms with Gasteiger partial charge in [0.1, 0.15) is 11.3 Å². The van der Waals surface area contributed by atoms with Crippen molar-refractivity contribution in [3.8, 4) is 16.9 Å². The van der Waals surface area contributed by atoms with Gasteiger partial charge in [0.2, 0.25) is 5.91 Å². The summed E-state index contributed by atoms with van der Waals surface area (Å²) in [5, 5.41) is 0.729. The van der Waals surface area contributed by atoms with Crippen molar-refractivity contribution in [1.82, 2.24) is 9.88 Å². The van der Waals surface area contributed by atoms with Crippen LogP contribution >= 0.6 is 11.3 Å². The van der Waals surface area contributed by atoms with Crippen molar-refractivity contribution in [3.05, 3.63) is 77.9 Å². The van der Waals surface area contributed by atoms with E-state index in [1.54, 1.807) is 18.4 Å². The Bertz CT molecular complexity index is 1250. The lowest BCUT2D eigenvalue weighted by Gasteiger charge is -2.21. The quantitative estimate of drug-likeness (QED) is 0.308. The van der Waals surface area contributed by atoms with Crippen molar-refractivity contribution < 1.29 is 9.53 Å². The number of nitrogens with zero attached hydrogens (tertiary/aromatic N) is 3. The Kier molecular flexibility index (Phi) is 7.60. The minimum absolute atomic E-state index is 0.0573. The number of anilines is 1. The molecule has 0 N–H and O–H groups in total. The maximum atomic E-state index is 13.5. The Labute approximate surface area is 205 Å². The van der Waals surface area contributed by atoms with Crippen molar-refractivity contribution in [2.24, 2.45) is 0 Å². The summed E-state index contributed by atoms with van der Waals surface area (Å²) in [5.74, 6) is 0.794. The van der Waals surface area contributed by atoms with Crippen molar-refractivity contribution in [2.75, 3.05) is 39.2 Å². The fourth-order valence-electron chi connectivity index (χ4n) is 3.97. The molecule has 0 bridgehead atoms. The molecule has 0 saturated heterocycles. The summed E-state index contributed by atoms with van der Waals surface area (Å²) < 4.78 is 6.59. The van der Waals surface area contributed by atoms with Gasteiger partial charge in [-0.1, -0.05) is 72.0 Å². The highest BCUT2D eigenvalue weighted by Gasteiger charge is 2.22. The number of benzene rings is 3. The highest BCUT2D eigenvalue weighted by molar-refractivity contribution is 7.22. The molecule has 0 atom stereocenters. The van der Waals surface area contributed by atoms with Crippen LogP contribution in [0.2, 0.25) is 0 Å². The van der Waals surface area contributed by atoms with E-state index >= 15 is 0 Å². The zero-order valence-corrected chi connectivity index (χ0v) is 21.1. The summed E-state index contributed by atoms with van der Waals surface area (Å²) in [4.78, 5) is 22.3. The molecule has 5 nitrogen and oxygen atoms in total. The Hall–Kier alpha value is -3.22. The second-order valence-corrected chi connectivity index (χ2v) is 9.68. The van der Waals surface area contributed by atoms with Gasteiger partial charge in [0.15, 0.2) is 5.13 Å². The molecule has 34 heavy (non-hydrogen) atoms. The van der Waals surface area contributed by atoms with Gasteiger partial charge in [0, 0.05) is 6.54 Å². The molecule has 1 heterocycles. The first-order chi connectivity index (χ1) is 16.5. The van der Waals surface area contributed by atoms with Gasteiger partial charge in [-0.3, -0.25) is 9.69 Å². The molecule has 3 aromatic carbocycles. The van der Waals surface area contributed by atoms with Gasteiger partial charge in [0.05, 0.1) is 18.2 Å². The number of carbonyl (C=O) groups is 1. The van der Waals surface area contributed by atoms with E-state index in [-0.39, 0.29) is 5.91 Å². The normalized spacial score (nSPS) is 11.2. The molecular weight excluding hydrogens is 442 g/mol. The molecule has 4 aromatic rings. The highest BCUT2D eigenvalue weighted by atomic mass is 32.1. The zero-order valence-electron chi connectivity index (χ0n) is 20.2. The van der Waals surface area contributed by atoms with Crippen LogP contribution in [-0.4, -0.2) is 50.1 Å². The third-order valence-electron chi connectivity index (χ3n) is 5.85. The largest absolute Gasteiger partial charge is 0.494 e. The lowest BCUT2D eigenvalue weighted by atomic mass is 10.0. The van der Waals surface area contributed by atoms with Crippen LogP contribution < -0.4 is 9.64 Å². The molecule has 1 amide bonds. The lowest BCUT2D eigenvalue weighted by molar-refractivity contribution is -0.118. The SMILES string of the molecule is COc1ccc(C)c2sc(N(CCCN(C)C)C(=O)Cc3ccc(-c4ccccc4)cc3)nc12. The maximum Gasteiger partial charge on any atom is 0.233 e. The molecular formula is C28H31N3O2S. The Morgan fingerprint density at radius 3 is 2.32 bits per heavy atom. The Morgan fingerprint density at radius 1 is 0.941 bits per heavy atom. The average molecular weight is 474 g/mol. The van der Waals surface area contributed by atoms with Crippen LogP contribution in [0.1, 0.15) is 17.5 Å². The molecule has 0 unspecified atom stereocenters. The topological polar surface area (TPSA) is 45.7 Å². The first-order valence-corrected chi connectivity index (χ1v) is 12.3. The van der Waals surface area contributed by atoms with Crippen molar-refractivity contribution in [2.45, 2.75) is 19.8 Å². The van der Waals surface area contributed by atoms with Crippen LogP contribution in [0, 0.1) is 6.92 Å². The first-order valence-electron chi connectivity index (χ1n) is 11.5. The van der Waals surface area contributed by atoms with Crippen LogP contribution in [0.4, 0.5) is 5.13 Å². The molecule has 4 rings (SSSR count). The summed E-state index contributed by atoms with van der Waals surface area (Å²) in [6.45, 7) is 3.60. The maximum absolute atomic E-state index is 13.5. The second-order valence-electron chi connectivity index (χ2n) is 8.70. The Balaban J connectivity index is 1.59. The molecule has 0 aliphatic rings. The zero-order chi connectivity index (χ0) is 24.1.